The number of nitrogens with zero attached hydrogens (tertiary/aromatic N) is 1. The summed E-state index contributed by atoms with van der Waals surface area (Å²) in [7, 11) is 0. The van der Waals surface area contributed by atoms with Gasteiger partial charge in [-0.3, -0.25) is 4.79 Å². The summed E-state index contributed by atoms with van der Waals surface area (Å²) in [5.41, 5.74) is 0.172. The van der Waals surface area contributed by atoms with E-state index in [0.29, 0.717) is 5.56 Å². The van der Waals surface area contributed by atoms with Crippen LogP contribution in [0.3, 0.4) is 0 Å². The van der Waals surface area contributed by atoms with Crippen molar-refractivity contribution >= 4 is 23.2 Å². The van der Waals surface area contributed by atoms with Gasteiger partial charge in [-0.05, 0) is 30.0 Å². The van der Waals surface area contributed by atoms with E-state index < -0.39 is 5.97 Å². The zero-order valence-corrected chi connectivity index (χ0v) is 12.4. The van der Waals surface area contributed by atoms with Crippen molar-refractivity contribution in [2.75, 3.05) is 0 Å². The number of nitrogens with one attached hydrogen (secondary N) is 1. The molecule has 21 heavy (non-hydrogen) atoms. The molecule has 6 heteroatoms. The molecule has 5 nitrogen and oxygen atoms in total. The van der Waals surface area contributed by atoms with Crippen LogP contribution < -0.4 is 5.32 Å². The summed E-state index contributed by atoms with van der Waals surface area (Å²) < 4.78 is 0. The third kappa shape index (κ3) is 3.88. The number of thiophene rings is 1. The molecule has 110 valence electrons. The van der Waals surface area contributed by atoms with Gasteiger partial charge in [0.1, 0.15) is 5.69 Å². The smallest absolute Gasteiger partial charge is 0.354 e. The molecule has 0 aromatic carbocycles. The molecule has 0 aliphatic heterocycles. The van der Waals surface area contributed by atoms with Crippen LogP contribution in [0.1, 0.15) is 51.5 Å². The van der Waals surface area contributed by atoms with Crippen LogP contribution in [0.5, 0.6) is 0 Å². The summed E-state index contributed by atoms with van der Waals surface area (Å²) in [5, 5.41) is 13.8. The van der Waals surface area contributed by atoms with E-state index in [0.717, 1.165) is 17.7 Å². The lowest BCUT2D eigenvalue weighted by atomic mass is 10.1. The number of amides is 1. The van der Waals surface area contributed by atoms with Crippen LogP contribution in [0, 0.1) is 0 Å². The average molecular weight is 304 g/mol. The number of aromatic nitrogens is 1. The summed E-state index contributed by atoms with van der Waals surface area (Å²) in [6.07, 6.45) is 3.11. The van der Waals surface area contributed by atoms with Crippen molar-refractivity contribution in [3.8, 4) is 0 Å². The van der Waals surface area contributed by atoms with Crippen molar-refractivity contribution in [2.45, 2.75) is 25.8 Å². The Labute approximate surface area is 126 Å². The summed E-state index contributed by atoms with van der Waals surface area (Å²) in [6, 6.07) is 6.68. The number of carboxylic acid groups (broad SMARTS) is 1. The lowest BCUT2D eigenvalue weighted by molar-refractivity contribution is 0.0690. The molecule has 2 N–H and O–H groups in total. The normalized spacial score (nSPS) is 11.9. The molecule has 0 bridgehead atoms. The summed E-state index contributed by atoms with van der Waals surface area (Å²) in [6.45, 7) is 2.06. The molecule has 1 amide bonds. The number of carboxylic acids is 1. The molecule has 0 aliphatic rings. The van der Waals surface area contributed by atoms with Gasteiger partial charge in [0, 0.05) is 16.6 Å². The Morgan fingerprint density at radius 3 is 2.86 bits per heavy atom. The summed E-state index contributed by atoms with van der Waals surface area (Å²) in [5.74, 6) is -1.43. The molecule has 2 rings (SSSR count). The highest BCUT2D eigenvalue weighted by molar-refractivity contribution is 7.10. The second-order valence-corrected chi connectivity index (χ2v) is 5.54. The Balaban J connectivity index is 2.15. The van der Waals surface area contributed by atoms with Crippen LogP contribution in [0.15, 0.2) is 35.8 Å². The first-order valence-corrected chi connectivity index (χ1v) is 7.53. The first kappa shape index (κ1) is 15.2. The first-order chi connectivity index (χ1) is 10.1. The number of pyridine rings is 1. The molecular formula is C15H16N2O3S. The number of carbonyl (C=O) groups is 2. The molecule has 0 radical (unpaired) electrons. The maximum atomic E-state index is 12.3. The Kier molecular flexibility index (Phi) is 5.05. The monoisotopic (exact) mass is 304 g/mol. The van der Waals surface area contributed by atoms with E-state index in [-0.39, 0.29) is 17.6 Å². The Bertz CT molecular complexity index is 626. The van der Waals surface area contributed by atoms with E-state index in [9.17, 15) is 9.59 Å². The Morgan fingerprint density at radius 2 is 2.24 bits per heavy atom. The van der Waals surface area contributed by atoms with Gasteiger partial charge in [-0.1, -0.05) is 19.4 Å². The number of carbonyl (C=O) groups excluding carboxylic acids is 1. The first-order valence-electron chi connectivity index (χ1n) is 6.65. The minimum absolute atomic E-state index is 0.0519. The van der Waals surface area contributed by atoms with Gasteiger partial charge < -0.3 is 10.4 Å². The summed E-state index contributed by atoms with van der Waals surface area (Å²) in [4.78, 5) is 28.0. The molecule has 1 unspecified atom stereocenters. The van der Waals surface area contributed by atoms with E-state index in [1.54, 1.807) is 11.3 Å². The highest BCUT2D eigenvalue weighted by Gasteiger charge is 2.17. The summed E-state index contributed by atoms with van der Waals surface area (Å²) >= 11 is 1.60. The third-order valence-corrected chi connectivity index (χ3v) is 4.00. The predicted octanol–water partition coefficient (Wildman–Crippen LogP) is 3.11. The van der Waals surface area contributed by atoms with E-state index in [1.807, 2.05) is 17.5 Å². The van der Waals surface area contributed by atoms with Gasteiger partial charge in [-0.15, -0.1) is 11.3 Å². The largest absolute Gasteiger partial charge is 0.477 e. The van der Waals surface area contributed by atoms with Gasteiger partial charge >= 0.3 is 5.97 Å². The zero-order valence-electron chi connectivity index (χ0n) is 11.6. The van der Waals surface area contributed by atoms with E-state index >= 15 is 0 Å². The standard InChI is InChI=1S/C15H16N2O3S/c1-2-4-11(13-5-3-8-21-13)17-14(18)10-6-7-16-12(9-10)15(19)20/h3,5-9,11H,2,4H2,1H3,(H,17,18)(H,19,20). The fourth-order valence-electron chi connectivity index (χ4n) is 1.99. The van der Waals surface area contributed by atoms with Crippen LogP contribution in [-0.2, 0) is 0 Å². The fourth-order valence-corrected chi connectivity index (χ4v) is 2.81. The minimum atomic E-state index is -1.15. The molecule has 0 fully saturated rings. The molecule has 0 aliphatic carbocycles. The lowest BCUT2D eigenvalue weighted by Crippen LogP contribution is -2.28. The number of hydrogen-bond acceptors (Lipinski definition) is 4. The Hall–Kier alpha value is -2.21. The van der Waals surface area contributed by atoms with Crippen molar-refractivity contribution in [2.24, 2.45) is 0 Å². The van der Waals surface area contributed by atoms with Gasteiger partial charge in [-0.2, -0.15) is 0 Å². The molecule has 0 saturated carbocycles. The number of rotatable bonds is 6. The van der Waals surface area contributed by atoms with Gasteiger partial charge in [0.25, 0.3) is 5.91 Å². The fraction of sp³-hybridized carbons (Fsp3) is 0.267. The predicted molar refractivity (Wildman–Crippen MR) is 80.6 cm³/mol. The maximum Gasteiger partial charge on any atom is 0.354 e. The van der Waals surface area contributed by atoms with E-state index in [2.05, 4.69) is 17.2 Å². The third-order valence-electron chi connectivity index (χ3n) is 3.01. The van der Waals surface area contributed by atoms with Crippen LogP contribution in [0.25, 0.3) is 0 Å². The SMILES string of the molecule is CCCC(NC(=O)c1ccnc(C(=O)O)c1)c1cccs1. The lowest BCUT2D eigenvalue weighted by Gasteiger charge is -2.16. The topological polar surface area (TPSA) is 79.3 Å². The van der Waals surface area contributed by atoms with Crippen molar-refractivity contribution in [1.29, 1.82) is 0 Å². The second-order valence-electron chi connectivity index (χ2n) is 4.57. The van der Waals surface area contributed by atoms with Gasteiger partial charge in [0.05, 0.1) is 6.04 Å². The molecular weight excluding hydrogens is 288 g/mol. The second kappa shape index (κ2) is 6.99. The molecule has 2 heterocycles. The van der Waals surface area contributed by atoms with Gasteiger partial charge in [0.15, 0.2) is 0 Å². The van der Waals surface area contributed by atoms with Crippen molar-refractivity contribution in [3.05, 3.63) is 52.0 Å². The number of hydrogen-bond donors (Lipinski definition) is 2. The average Bonchev–Trinajstić information content (AvgIpc) is 3.01. The molecule has 0 saturated heterocycles. The number of aromatic carboxylic acids is 1. The zero-order chi connectivity index (χ0) is 15.2. The minimum Gasteiger partial charge on any atom is -0.477 e. The van der Waals surface area contributed by atoms with Crippen LogP contribution in [-0.4, -0.2) is 22.0 Å². The van der Waals surface area contributed by atoms with Gasteiger partial charge in [-0.25, -0.2) is 9.78 Å². The quantitative estimate of drug-likeness (QED) is 0.859. The van der Waals surface area contributed by atoms with Crippen molar-refractivity contribution in [3.63, 3.8) is 0 Å². The van der Waals surface area contributed by atoms with Crippen LogP contribution >= 0.6 is 11.3 Å². The van der Waals surface area contributed by atoms with Crippen molar-refractivity contribution in [1.82, 2.24) is 10.3 Å². The van der Waals surface area contributed by atoms with Crippen molar-refractivity contribution < 1.29 is 14.7 Å². The molecule has 0 spiro atoms. The Morgan fingerprint density at radius 1 is 1.43 bits per heavy atom. The molecule has 2 aromatic rings. The molecule has 1 atom stereocenters. The highest BCUT2D eigenvalue weighted by Crippen LogP contribution is 2.23. The van der Waals surface area contributed by atoms with Gasteiger partial charge in [0.2, 0.25) is 0 Å². The molecule has 2 aromatic heterocycles. The highest BCUT2D eigenvalue weighted by atomic mass is 32.1. The van der Waals surface area contributed by atoms with Crippen LogP contribution in [0.2, 0.25) is 0 Å². The maximum absolute atomic E-state index is 12.3. The van der Waals surface area contributed by atoms with E-state index in [1.165, 1.54) is 18.3 Å². The van der Waals surface area contributed by atoms with Crippen LogP contribution in [0.4, 0.5) is 0 Å². The van der Waals surface area contributed by atoms with E-state index in [4.69, 9.17) is 5.11 Å².